The zero-order valence-corrected chi connectivity index (χ0v) is 27.6. The van der Waals surface area contributed by atoms with Crippen LogP contribution in [0.1, 0.15) is 0 Å². The monoisotopic (exact) mass is 650 g/mol. The molecule has 2 heterocycles. The average molecular weight is 651 g/mol. The number of aromatic nitrogens is 2. The Balaban J connectivity index is 1.29. The molecule has 10 rings (SSSR count). The van der Waals surface area contributed by atoms with Gasteiger partial charge in [0.05, 0.1) is 11.4 Å². The lowest BCUT2D eigenvalue weighted by Gasteiger charge is -2.14. The van der Waals surface area contributed by atoms with Crippen LogP contribution >= 0.6 is 0 Å². The zero-order chi connectivity index (χ0) is 33.7. The molecule has 0 atom stereocenters. The van der Waals surface area contributed by atoms with Gasteiger partial charge in [-0.15, -0.1) is 0 Å². The highest BCUT2D eigenvalue weighted by atomic mass is 16.3. The van der Waals surface area contributed by atoms with Gasteiger partial charge in [0.15, 0.2) is 5.82 Å². The van der Waals surface area contributed by atoms with Crippen molar-refractivity contribution >= 4 is 43.5 Å². The molecule has 0 unspecified atom stereocenters. The van der Waals surface area contributed by atoms with Gasteiger partial charge in [0, 0.05) is 27.5 Å². The molecule has 0 saturated heterocycles. The fourth-order valence-corrected chi connectivity index (χ4v) is 7.43. The van der Waals surface area contributed by atoms with Crippen molar-refractivity contribution in [2.24, 2.45) is 0 Å². The van der Waals surface area contributed by atoms with Crippen molar-refractivity contribution < 1.29 is 4.42 Å². The second kappa shape index (κ2) is 11.9. The van der Waals surface area contributed by atoms with Gasteiger partial charge in [-0.3, -0.25) is 0 Å². The second-order valence-electron chi connectivity index (χ2n) is 13.0. The lowest BCUT2D eigenvalue weighted by molar-refractivity contribution is 0.669. The summed E-state index contributed by atoms with van der Waals surface area (Å²) in [5.74, 6) is 0.682. The van der Waals surface area contributed by atoms with Crippen LogP contribution < -0.4 is 0 Å². The van der Waals surface area contributed by atoms with Gasteiger partial charge in [-0.05, 0) is 74.1 Å². The van der Waals surface area contributed by atoms with E-state index in [4.69, 9.17) is 14.4 Å². The molecule has 0 radical (unpaired) electrons. The molecule has 10 aromatic rings. The van der Waals surface area contributed by atoms with Crippen LogP contribution in [-0.4, -0.2) is 9.97 Å². The average Bonchev–Trinajstić information content (AvgIpc) is 3.57. The van der Waals surface area contributed by atoms with Gasteiger partial charge in [-0.25, -0.2) is 9.97 Å². The maximum absolute atomic E-state index is 6.78. The standard InChI is InChI=1S/C48H30N2O/c1-4-14-31(15-5-1)37-24-25-38(40-23-13-12-22-39(37)40)36-27-41(47-42-26-34-20-10-11-21-35(34)28-45(42)51-46(47)29-36)44-30-43(32-16-6-2-7-17-32)49-48(50-44)33-18-8-3-9-19-33/h1-30H. The Bertz CT molecular complexity index is 2840. The maximum atomic E-state index is 6.78. The molecule has 0 aliphatic carbocycles. The Hall–Kier alpha value is -6.84. The van der Waals surface area contributed by atoms with Crippen LogP contribution in [0.4, 0.5) is 0 Å². The first kappa shape index (κ1) is 29.1. The van der Waals surface area contributed by atoms with E-state index in [9.17, 15) is 0 Å². The Morgan fingerprint density at radius 3 is 1.57 bits per heavy atom. The molecule has 0 N–H and O–H groups in total. The molecule has 0 bridgehead atoms. The van der Waals surface area contributed by atoms with E-state index in [1.165, 1.54) is 27.3 Å². The first-order valence-electron chi connectivity index (χ1n) is 17.2. The smallest absolute Gasteiger partial charge is 0.160 e. The van der Waals surface area contributed by atoms with Crippen molar-refractivity contribution in [2.75, 3.05) is 0 Å². The van der Waals surface area contributed by atoms with E-state index >= 15 is 0 Å². The number of nitrogens with zero attached hydrogens (tertiary/aromatic N) is 2. The highest BCUT2D eigenvalue weighted by Crippen LogP contribution is 2.44. The van der Waals surface area contributed by atoms with Crippen LogP contribution in [0.2, 0.25) is 0 Å². The molecule has 238 valence electrons. The van der Waals surface area contributed by atoms with E-state index in [0.29, 0.717) is 5.82 Å². The van der Waals surface area contributed by atoms with Gasteiger partial charge >= 0.3 is 0 Å². The quantitative estimate of drug-likeness (QED) is 0.186. The summed E-state index contributed by atoms with van der Waals surface area (Å²) >= 11 is 0. The number of fused-ring (bicyclic) bond motifs is 5. The van der Waals surface area contributed by atoms with E-state index in [1.807, 2.05) is 24.3 Å². The molecule has 0 amide bonds. The number of rotatable bonds is 5. The van der Waals surface area contributed by atoms with Crippen molar-refractivity contribution in [1.82, 2.24) is 9.97 Å². The van der Waals surface area contributed by atoms with Crippen LogP contribution in [0.25, 0.3) is 99.6 Å². The molecule has 0 saturated carbocycles. The highest BCUT2D eigenvalue weighted by molar-refractivity contribution is 6.17. The van der Waals surface area contributed by atoms with E-state index in [2.05, 4.69) is 158 Å². The van der Waals surface area contributed by atoms with Crippen molar-refractivity contribution in [3.05, 3.63) is 182 Å². The maximum Gasteiger partial charge on any atom is 0.160 e. The summed E-state index contributed by atoms with van der Waals surface area (Å²) in [6.07, 6.45) is 0. The number of hydrogen-bond donors (Lipinski definition) is 0. The van der Waals surface area contributed by atoms with Crippen LogP contribution in [-0.2, 0) is 0 Å². The van der Waals surface area contributed by atoms with Crippen LogP contribution in [0, 0.1) is 0 Å². The predicted molar refractivity (Wildman–Crippen MR) is 212 cm³/mol. The van der Waals surface area contributed by atoms with E-state index in [0.717, 1.165) is 66.5 Å². The normalized spacial score (nSPS) is 11.5. The largest absolute Gasteiger partial charge is 0.456 e. The molecule has 51 heavy (non-hydrogen) atoms. The van der Waals surface area contributed by atoms with Gasteiger partial charge in [0.1, 0.15) is 11.2 Å². The molecule has 3 nitrogen and oxygen atoms in total. The van der Waals surface area contributed by atoms with Gasteiger partial charge in [0.25, 0.3) is 0 Å². The lowest BCUT2D eigenvalue weighted by atomic mass is 9.90. The first-order chi connectivity index (χ1) is 25.3. The third kappa shape index (κ3) is 5.06. The molecule has 3 heteroatoms. The molecule has 0 fully saturated rings. The molecule has 0 aliphatic heterocycles. The highest BCUT2D eigenvalue weighted by Gasteiger charge is 2.20. The van der Waals surface area contributed by atoms with Crippen molar-refractivity contribution in [3.63, 3.8) is 0 Å². The summed E-state index contributed by atoms with van der Waals surface area (Å²) < 4.78 is 6.78. The SMILES string of the molecule is c1ccc(-c2cc(-c3cc(-c4ccc(-c5ccccc5)c5ccccc45)cc4oc5cc6ccccc6cc5c34)nc(-c3ccccc3)n2)cc1. The molecule has 0 spiro atoms. The Morgan fingerprint density at radius 2 is 0.882 bits per heavy atom. The Kier molecular flexibility index (Phi) is 6.81. The van der Waals surface area contributed by atoms with E-state index < -0.39 is 0 Å². The van der Waals surface area contributed by atoms with Crippen molar-refractivity contribution in [3.8, 4) is 56.2 Å². The first-order valence-corrected chi connectivity index (χ1v) is 17.2. The number of furan rings is 1. The lowest BCUT2D eigenvalue weighted by Crippen LogP contribution is -1.96. The van der Waals surface area contributed by atoms with Gasteiger partial charge in [-0.1, -0.05) is 152 Å². The third-order valence-electron chi connectivity index (χ3n) is 9.86. The molecular weight excluding hydrogens is 621 g/mol. The second-order valence-corrected chi connectivity index (χ2v) is 13.0. The minimum atomic E-state index is 0.682. The van der Waals surface area contributed by atoms with E-state index in [1.54, 1.807) is 0 Å². The van der Waals surface area contributed by atoms with Crippen molar-refractivity contribution in [2.45, 2.75) is 0 Å². The molecule has 8 aromatic carbocycles. The van der Waals surface area contributed by atoms with Crippen molar-refractivity contribution in [1.29, 1.82) is 0 Å². The predicted octanol–water partition coefficient (Wildman–Crippen LogP) is 13.0. The fourth-order valence-electron chi connectivity index (χ4n) is 7.43. The summed E-state index contributed by atoms with van der Waals surface area (Å²) in [4.78, 5) is 10.4. The number of benzene rings is 8. The van der Waals surface area contributed by atoms with E-state index in [-0.39, 0.29) is 0 Å². The Labute approximate surface area is 295 Å². The molecular formula is C48H30N2O. The van der Waals surface area contributed by atoms with Crippen LogP contribution in [0.15, 0.2) is 186 Å². The van der Waals surface area contributed by atoms with Crippen LogP contribution in [0.3, 0.4) is 0 Å². The third-order valence-corrected chi connectivity index (χ3v) is 9.86. The van der Waals surface area contributed by atoms with Crippen LogP contribution in [0.5, 0.6) is 0 Å². The minimum Gasteiger partial charge on any atom is -0.456 e. The molecule has 2 aromatic heterocycles. The topological polar surface area (TPSA) is 38.9 Å². The summed E-state index contributed by atoms with van der Waals surface area (Å²) in [5, 5.41) is 6.81. The summed E-state index contributed by atoms with van der Waals surface area (Å²) in [7, 11) is 0. The number of hydrogen-bond acceptors (Lipinski definition) is 3. The zero-order valence-electron chi connectivity index (χ0n) is 27.6. The minimum absolute atomic E-state index is 0.682. The van der Waals surface area contributed by atoms with Gasteiger partial charge in [-0.2, -0.15) is 0 Å². The van der Waals surface area contributed by atoms with Gasteiger partial charge < -0.3 is 4.42 Å². The Morgan fingerprint density at radius 1 is 0.333 bits per heavy atom. The van der Waals surface area contributed by atoms with Gasteiger partial charge in [0.2, 0.25) is 0 Å². The summed E-state index contributed by atoms with van der Waals surface area (Å²) in [6.45, 7) is 0. The summed E-state index contributed by atoms with van der Waals surface area (Å²) in [5.41, 5.74) is 11.0. The molecule has 0 aliphatic rings. The summed E-state index contributed by atoms with van der Waals surface area (Å²) in [6, 6.07) is 63.8. The fraction of sp³-hybridized carbons (Fsp3) is 0.